The van der Waals surface area contributed by atoms with Crippen LogP contribution in [0.2, 0.25) is 5.02 Å². The van der Waals surface area contributed by atoms with Crippen molar-refractivity contribution in [3.8, 4) is 0 Å². The van der Waals surface area contributed by atoms with E-state index in [-0.39, 0.29) is 0 Å². The van der Waals surface area contributed by atoms with E-state index < -0.39 is 17.7 Å². The first-order valence-electron chi connectivity index (χ1n) is 5.70. The average Bonchev–Trinajstić information content (AvgIpc) is 2.39. The van der Waals surface area contributed by atoms with Crippen LogP contribution in [0.4, 0.5) is 8.78 Å². The van der Waals surface area contributed by atoms with Gasteiger partial charge in [-0.15, -0.1) is 0 Å². The number of benzene rings is 2. The number of nitrogens with two attached hydrogens (primary N) is 1. The molecular weight excluding hydrogens is 270 g/mol. The fourth-order valence-electron chi connectivity index (χ4n) is 1.92. The Labute approximate surface area is 115 Å². The molecule has 2 nitrogen and oxygen atoms in total. The predicted octanol–water partition coefficient (Wildman–Crippen LogP) is 3.48. The van der Waals surface area contributed by atoms with Crippen LogP contribution in [0.1, 0.15) is 22.7 Å². The van der Waals surface area contributed by atoms with Crippen LogP contribution in [0.5, 0.6) is 0 Å². The van der Waals surface area contributed by atoms with E-state index in [0.717, 1.165) is 23.3 Å². The van der Waals surface area contributed by atoms with Crippen molar-refractivity contribution < 1.29 is 8.78 Å². The molecule has 3 N–H and O–H groups in total. The summed E-state index contributed by atoms with van der Waals surface area (Å²) in [6.07, 6.45) is 0. The number of hydrogen-bond donors (Lipinski definition) is 2. The molecule has 2 aromatic rings. The van der Waals surface area contributed by atoms with Crippen molar-refractivity contribution in [2.75, 3.05) is 0 Å². The molecule has 0 saturated heterocycles. The minimum absolute atomic E-state index is 0.425. The van der Waals surface area contributed by atoms with Gasteiger partial charge in [-0.25, -0.2) is 14.2 Å². The van der Waals surface area contributed by atoms with Gasteiger partial charge in [0.15, 0.2) is 11.6 Å². The summed E-state index contributed by atoms with van der Waals surface area (Å²) in [6, 6.07) is 8.67. The Bertz CT molecular complexity index is 550. The molecule has 100 valence electrons. The summed E-state index contributed by atoms with van der Waals surface area (Å²) in [4.78, 5) is 0. The fourth-order valence-corrected chi connectivity index (χ4v) is 2.04. The van der Waals surface area contributed by atoms with E-state index in [9.17, 15) is 8.78 Å². The van der Waals surface area contributed by atoms with Crippen LogP contribution in [-0.4, -0.2) is 0 Å². The molecule has 0 amide bonds. The summed E-state index contributed by atoms with van der Waals surface area (Å²) < 4.78 is 26.2. The Balaban J connectivity index is 2.43. The highest BCUT2D eigenvalue weighted by atomic mass is 35.5. The number of hydrazine groups is 1. The smallest absolute Gasteiger partial charge is 0.159 e. The second-order valence-corrected chi connectivity index (χ2v) is 4.69. The normalized spacial score (nSPS) is 12.5. The SMILES string of the molecule is Cc1cc(C(NN)c2ccc(F)c(F)c2)ccc1Cl. The first-order chi connectivity index (χ1) is 9.02. The molecule has 0 aliphatic heterocycles. The monoisotopic (exact) mass is 282 g/mol. The van der Waals surface area contributed by atoms with Crippen LogP contribution < -0.4 is 11.3 Å². The molecule has 0 aliphatic carbocycles. The van der Waals surface area contributed by atoms with E-state index in [1.54, 1.807) is 12.1 Å². The lowest BCUT2D eigenvalue weighted by Crippen LogP contribution is -2.29. The number of hydrogen-bond acceptors (Lipinski definition) is 2. The van der Waals surface area contributed by atoms with Crippen LogP contribution in [0.25, 0.3) is 0 Å². The van der Waals surface area contributed by atoms with Crippen molar-refractivity contribution in [3.63, 3.8) is 0 Å². The highest BCUT2D eigenvalue weighted by Gasteiger charge is 2.15. The Hall–Kier alpha value is -1.49. The summed E-state index contributed by atoms with van der Waals surface area (Å²) >= 11 is 5.96. The lowest BCUT2D eigenvalue weighted by atomic mass is 9.98. The van der Waals surface area contributed by atoms with Gasteiger partial charge >= 0.3 is 0 Å². The molecule has 0 saturated carbocycles. The van der Waals surface area contributed by atoms with Gasteiger partial charge in [-0.3, -0.25) is 5.84 Å². The first kappa shape index (κ1) is 13.9. The van der Waals surface area contributed by atoms with E-state index >= 15 is 0 Å². The minimum atomic E-state index is -0.900. The zero-order valence-electron chi connectivity index (χ0n) is 10.3. The van der Waals surface area contributed by atoms with Gasteiger partial charge in [-0.1, -0.05) is 29.8 Å². The van der Waals surface area contributed by atoms with Crippen molar-refractivity contribution >= 4 is 11.6 Å². The zero-order chi connectivity index (χ0) is 14.0. The van der Waals surface area contributed by atoms with E-state index in [4.69, 9.17) is 17.4 Å². The molecule has 0 fully saturated rings. The lowest BCUT2D eigenvalue weighted by Gasteiger charge is -2.18. The van der Waals surface area contributed by atoms with Gasteiger partial charge in [-0.2, -0.15) is 0 Å². The topological polar surface area (TPSA) is 38.0 Å². The van der Waals surface area contributed by atoms with E-state index in [0.29, 0.717) is 10.6 Å². The maximum atomic E-state index is 13.3. The number of aryl methyl sites for hydroxylation is 1. The third-order valence-corrected chi connectivity index (χ3v) is 3.38. The van der Waals surface area contributed by atoms with E-state index in [1.807, 2.05) is 13.0 Å². The van der Waals surface area contributed by atoms with Crippen LogP contribution in [-0.2, 0) is 0 Å². The minimum Gasteiger partial charge on any atom is -0.271 e. The number of halogens is 3. The molecule has 1 unspecified atom stereocenters. The number of nitrogens with one attached hydrogen (secondary N) is 1. The number of rotatable bonds is 3. The molecule has 2 aromatic carbocycles. The second kappa shape index (κ2) is 5.65. The van der Waals surface area contributed by atoms with Crippen molar-refractivity contribution in [2.45, 2.75) is 13.0 Å². The summed E-state index contributed by atoms with van der Waals surface area (Å²) in [5.41, 5.74) is 4.86. The van der Waals surface area contributed by atoms with Gasteiger partial charge in [0.1, 0.15) is 0 Å². The molecule has 0 aromatic heterocycles. The van der Waals surface area contributed by atoms with Crippen molar-refractivity contribution in [1.29, 1.82) is 0 Å². The Morgan fingerprint density at radius 1 is 1.05 bits per heavy atom. The van der Waals surface area contributed by atoms with Crippen LogP contribution >= 0.6 is 11.6 Å². The molecule has 5 heteroatoms. The zero-order valence-corrected chi connectivity index (χ0v) is 11.0. The molecule has 0 radical (unpaired) electrons. The molecule has 0 bridgehead atoms. The summed E-state index contributed by atoms with van der Waals surface area (Å²) in [6.45, 7) is 1.87. The Kier molecular flexibility index (Phi) is 4.14. The highest BCUT2D eigenvalue weighted by molar-refractivity contribution is 6.31. The van der Waals surface area contributed by atoms with Gasteiger partial charge in [0.05, 0.1) is 6.04 Å². The quantitative estimate of drug-likeness (QED) is 0.668. The Morgan fingerprint density at radius 2 is 1.68 bits per heavy atom. The van der Waals surface area contributed by atoms with Crippen molar-refractivity contribution in [1.82, 2.24) is 5.43 Å². The second-order valence-electron chi connectivity index (χ2n) is 4.28. The summed E-state index contributed by atoms with van der Waals surface area (Å²) in [7, 11) is 0. The van der Waals surface area contributed by atoms with Gasteiger partial charge < -0.3 is 0 Å². The molecule has 1 atom stereocenters. The third-order valence-electron chi connectivity index (χ3n) is 2.96. The lowest BCUT2D eigenvalue weighted by molar-refractivity contribution is 0.504. The average molecular weight is 283 g/mol. The third kappa shape index (κ3) is 2.92. The molecule has 19 heavy (non-hydrogen) atoms. The van der Waals surface area contributed by atoms with Crippen molar-refractivity contribution in [2.24, 2.45) is 5.84 Å². The molecule has 0 spiro atoms. The first-order valence-corrected chi connectivity index (χ1v) is 6.08. The van der Waals surface area contributed by atoms with E-state index in [2.05, 4.69) is 5.43 Å². The van der Waals surface area contributed by atoms with Gasteiger partial charge in [0.25, 0.3) is 0 Å². The molecule has 2 rings (SSSR count). The molecular formula is C14H13ClF2N2. The predicted molar refractivity (Wildman–Crippen MR) is 71.7 cm³/mol. The van der Waals surface area contributed by atoms with Crippen LogP contribution in [0.15, 0.2) is 36.4 Å². The van der Waals surface area contributed by atoms with Gasteiger partial charge in [0, 0.05) is 5.02 Å². The van der Waals surface area contributed by atoms with Gasteiger partial charge in [-0.05, 0) is 41.8 Å². The van der Waals surface area contributed by atoms with Crippen molar-refractivity contribution in [3.05, 3.63) is 69.7 Å². The molecule has 0 heterocycles. The largest absolute Gasteiger partial charge is 0.271 e. The standard InChI is InChI=1S/C14H13ClF2N2/c1-8-6-9(2-4-11(8)15)14(19-18)10-3-5-12(16)13(17)7-10/h2-7,14,19H,18H2,1H3. The summed E-state index contributed by atoms with van der Waals surface area (Å²) in [5.74, 6) is 3.73. The molecule has 0 aliphatic rings. The van der Waals surface area contributed by atoms with E-state index in [1.165, 1.54) is 6.07 Å². The maximum Gasteiger partial charge on any atom is 0.159 e. The fraction of sp³-hybridized carbons (Fsp3) is 0.143. The van der Waals surface area contributed by atoms with Crippen LogP contribution in [0.3, 0.4) is 0 Å². The maximum absolute atomic E-state index is 13.3. The highest BCUT2D eigenvalue weighted by Crippen LogP contribution is 2.26. The van der Waals surface area contributed by atoms with Crippen LogP contribution in [0, 0.1) is 18.6 Å². The van der Waals surface area contributed by atoms with Gasteiger partial charge in [0.2, 0.25) is 0 Å². The Morgan fingerprint density at radius 3 is 2.26 bits per heavy atom. The summed E-state index contributed by atoms with van der Waals surface area (Å²) in [5, 5.41) is 0.643.